The van der Waals surface area contributed by atoms with Gasteiger partial charge >= 0.3 is 0 Å². The van der Waals surface area contributed by atoms with Gasteiger partial charge in [-0.1, -0.05) is 31.9 Å². The summed E-state index contributed by atoms with van der Waals surface area (Å²) in [4.78, 5) is 2.27. The summed E-state index contributed by atoms with van der Waals surface area (Å²) in [5.41, 5.74) is 2.86. The summed E-state index contributed by atoms with van der Waals surface area (Å²) in [5, 5.41) is 21.1. The second kappa shape index (κ2) is 8.31. The molecular formula is C27H41NO2. The first kappa shape index (κ1) is 21.9. The fraction of sp³-hybridized carbons (Fsp3) is 0.704. The molecule has 3 heteroatoms. The number of aliphatic hydroxyl groups excluding tert-OH is 1. The molecule has 0 aromatic heterocycles. The SMILES string of the molecule is C=CC12CCc3cc(O)ccc3[C@H]1[C@@H](CCCCCN(C)C)C[C@]1(C)[C@@H](O)CC[C@@H]21. The standard InChI is InChI=1S/C27H41NO2/c1-5-27-15-14-19-17-21(29)10-11-22(19)25(27)20(9-7-6-8-16-28(3)4)18-26(2)23(27)12-13-24(26)30/h5,10-11,17,20,23-25,29-30H,1,6-9,12-16,18H2,2-4H3/t20-,23+,24-,25+,26-,27?/m0/s1. The highest BCUT2D eigenvalue weighted by atomic mass is 16.3. The molecule has 0 heterocycles. The highest BCUT2D eigenvalue weighted by molar-refractivity contribution is 5.43. The van der Waals surface area contributed by atoms with Gasteiger partial charge in [-0.15, -0.1) is 6.58 Å². The Hall–Kier alpha value is -1.32. The van der Waals surface area contributed by atoms with Gasteiger partial charge in [-0.25, -0.2) is 0 Å². The molecule has 3 aliphatic carbocycles. The molecule has 1 aromatic carbocycles. The van der Waals surface area contributed by atoms with Crippen molar-refractivity contribution in [3.8, 4) is 5.75 Å². The van der Waals surface area contributed by atoms with E-state index in [0.29, 0.717) is 23.5 Å². The summed E-state index contributed by atoms with van der Waals surface area (Å²) in [6.07, 6.45) is 12.4. The van der Waals surface area contributed by atoms with Gasteiger partial charge < -0.3 is 15.1 Å². The minimum absolute atomic E-state index is 0.00736. The number of phenols is 1. The highest BCUT2D eigenvalue weighted by Crippen LogP contribution is 2.69. The Morgan fingerprint density at radius 1 is 1.20 bits per heavy atom. The van der Waals surface area contributed by atoms with Gasteiger partial charge in [-0.2, -0.15) is 0 Å². The number of aryl methyl sites for hydroxylation is 1. The zero-order chi connectivity index (χ0) is 21.5. The van der Waals surface area contributed by atoms with Crippen LogP contribution < -0.4 is 0 Å². The molecule has 4 rings (SSSR count). The largest absolute Gasteiger partial charge is 0.508 e. The summed E-state index contributed by atoms with van der Waals surface area (Å²) in [5.74, 6) is 1.93. The van der Waals surface area contributed by atoms with Gasteiger partial charge in [0.25, 0.3) is 0 Å². The Balaban J connectivity index is 1.67. The fourth-order valence-electron chi connectivity index (χ4n) is 7.70. The molecule has 2 N–H and O–H groups in total. The van der Waals surface area contributed by atoms with Crippen LogP contribution in [0.3, 0.4) is 0 Å². The Kier molecular flexibility index (Phi) is 6.07. The molecule has 0 amide bonds. The van der Waals surface area contributed by atoms with Crippen molar-refractivity contribution in [2.75, 3.05) is 20.6 Å². The van der Waals surface area contributed by atoms with Crippen molar-refractivity contribution in [2.24, 2.45) is 22.7 Å². The number of hydrogen-bond donors (Lipinski definition) is 2. The molecule has 2 fully saturated rings. The number of benzene rings is 1. The van der Waals surface area contributed by atoms with E-state index in [-0.39, 0.29) is 16.9 Å². The topological polar surface area (TPSA) is 43.7 Å². The van der Waals surface area contributed by atoms with E-state index in [2.05, 4.69) is 44.6 Å². The van der Waals surface area contributed by atoms with Gasteiger partial charge in [0.2, 0.25) is 0 Å². The van der Waals surface area contributed by atoms with E-state index in [9.17, 15) is 10.2 Å². The molecule has 0 bridgehead atoms. The van der Waals surface area contributed by atoms with Crippen LogP contribution in [0.25, 0.3) is 0 Å². The molecule has 0 radical (unpaired) electrons. The summed E-state index contributed by atoms with van der Waals surface area (Å²) < 4.78 is 0. The van der Waals surface area contributed by atoms with Crippen LogP contribution in [0.15, 0.2) is 30.9 Å². The third-order valence-corrected chi connectivity index (χ3v) is 9.04. The van der Waals surface area contributed by atoms with E-state index in [1.54, 1.807) is 0 Å². The number of phenolic OH excluding ortho intramolecular Hbond substituents is 1. The quantitative estimate of drug-likeness (QED) is 0.459. The van der Waals surface area contributed by atoms with Gasteiger partial charge in [0.05, 0.1) is 6.10 Å². The first-order chi connectivity index (χ1) is 14.3. The van der Waals surface area contributed by atoms with Crippen LogP contribution in [0.1, 0.15) is 75.3 Å². The Bertz CT molecular complexity index is 774. The van der Waals surface area contributed by atoms with Crippen LogP contribution in [-0.2, 0) is 6.42 Å². The minimum Gasteiger partial charge on any atom is -0.508 e. The second-order valence-corrected chi connectivity index (χ2v) is 10.9. The van der Waals surface area contributed by atoms with Crippen molar-refractivity contribution in [3.05, 3.63) is 42.0 Å². The normalized spacial score (nSPS) is 37.5. The van der Waals surface area contributed by atoms with Gasteiger partial charge in [0.1, 0.15) is 5.75 Å². The van der Waals surface area contributed by atoms with Crippen molar-refractivity contribution in [1.82, 2.24) is 4.90 Å². The fourth-order valence-corrected chi connectivity index (χ4v) is 7.70. The maximum atomic E-state index is 11.0. The Labute approximate surface area is 183 Å². The van der Waals surface area contributed by atoms with Crippen molar-refractivity contribution < 1.29 is 10.2 Å². The molecule has 0 spiro atoms. The molecule has 3 nitrogen and oxygen atoms in total. The summed E-state index contributed by atoms with van der Waals surface area (Å²) in [7, 11) is 4.30. The van der Waals surface area contributed by atoms with Crippen LogP contribution >= 0.6 is 0 Å². The minimum atomic E-state index is -0.183. The lowest BCUT2D eigenvalue weighted by Crippen LogP contribution is -2.54. The van der Waals surface area contributed by atoms with E-state index in [0.717, 1.165) is 38.6 Å². The molecule has 2 saturated carbocycles. The first-order valence-corrected chi connectivity index (χ1v) is 12.1. The van der Waals surface area contributed by atoms with E-state index in [4.69, 9.17) is 0 Å². The monoisotopic (exact) mass is 411 g/mol. The lowest BCUT2D eigenvalue weighted by Gasteiger charge is -2.60. The second-order valence-electron chi connectivity index (χ2n) is 10.9. The van der Waals surface area contributed by atoms with Crippen molar-refractivity contribution in [2.45, 2.75) is 76.7 Å². The molecule has 166 valence electrons. The average Bonchev–Trinajstić information content (AvgIpc) is 3.01. The number of fused-ring (bicyclic) bond motifs is 5. The van der Waals surface area contributed by atoms with Gasteiger partial charge in [-0.05, 0) is 117 Å². The van der Waals surface area contributed by atoms with Crippen LogP contribution in [0.2, 0.25) is 0 Å². The van der Waals surface area contributed by atoms with Crippen LogP contribution in [0.5, 0.6) is 5.75 Å². The van der Waals surface area contributed by atoms with E-state index < -0.39 is 0 Å². The molecule has 1 aromatic rings. The molecule has 0 saturated heterocycles. The van der Waals surface area contributed by atoms with Crippen LogP contribution in [0.4, 0.5) is 0 Å². The third-order valence-electron chi connectivity index (χ3n) is 9.04. The maximum Gasteiger partial charge on any atom is 0.115 e. The lowest BCUT2D eigenvalue weighted by atomic mass is 9.44. The van der Waals surface area contributed by atoms with E-state index in [1.807, 2.05) is 12.1 Å². The zero-order valence-corrected chi connectivity index (χ0v) is 19.2. The predicted molar refractivity (Wildman–Crippen MR) is 124 cm³/mol. The van der Waals surface area contributed by atoms with Gasteiger partial charge in [-0.3, -0.25) is 0 Å². The van der Waals surface area contributed by atoms with Crippen molar-refractivity contribution in [3.63, 3.8) is 0 Å². The van der Waals surface area contributed by atoms with E-state index >= 15 is 0 Å². The number of unbranched alkanes of at least 4 members (excludes halogenated alkanes) is 2. The molecular weight excluding hydrogens is 370 g/mol. The molecule has 1 unspecified atom stereocenters. The molecule has 3 aliphatic rings. The number of allylic oxidation sites excluding steroid dienone is 1. The molecule has 30 heavy (non-hydrogen) atoms. The Morgan fingerprint density at radius 3 is 2.73 bits per heavy atom. The summed E-state index contributed by atoms with van der Waals surface area (Å²) >= 11 is 0. The smallest absolute Gasteiger partial charge is 0.115 e. The summed E-state index contributed by atoms with van der Waals surface area (Å²) in [6, 6.07) is 6.07. The highest BCUT2D eigenvalue weighted by Gasteiger charge is 2.63. The molecule has 6 atom stereocenters. The third kappa shape index (κ3) is 3.52. The van der Waals surface area contributed by atoms with Crippen molar-refractivity contribution >= 4 is 0 Å². The number of nitrogens with zero attached hydrogens (tertiary/aromatic N) is 1. The Morgan fingerprint density at radius 2 is 2.00 bits per heavy atom. The number of aromatic hydroxyl groups is 1. The number of aliphatic hydroxyl groups is 1. The van der Waals surface area contributed by atoms with Crippen LogP contribution in [0, 0.1) is 22.7 Å². The van der Waals surface area contributed by atoms with Gasteiger partial charge in [0.15, 0.2) is 0 Å². The summed E-state index contributed by atoms with van der Waals surface area (Å²) in [6.45, 7) is 7.91. The van der Waals surface area contributed by atoms with E-state index in [1.165, 1.54) is 36.8 Å². The number of rotatable bonds is 7. The molecule has 0 aliphatic heterocycles. The average molecular weight is 412 g/mol. The lowest BCUT2D eigenvalue weighted by molar-refractivity contribution is -0.0812. The number of hydrogen-bond acceptors (Lipinski definition) is 3. The van der Waals surface area contributed by atoms with Crippen molar-refractivity contribution in [1.29, 1.82) is 0 Å². The predicted octanol–water partition coefficient (Wildman–Crippen LogP) is 5.51. The maximum absolute atomic E-state index is 11.0. The first-order valence-electron chi connectivity index (χ1n) is 12.1. The van der Waals surface area contributed by atoms with Crippen LogP contribution in [-0.4, -0.2) is 41.9 Å². The van der Waals surface area contributed by atoms with Gasteiger partial charge in [0, 0.05) is 0 Å². The zero-order valence-electron chi connectivity index (χ0n) is 19.2.